The summed E-state index contributed by atoms with van der Waals surface area (Å²) in [4.78, 5) is 0.800. The van der Waals surface area contributed by atoms with E-state index in [1.807, 2.05) is 6.92 Å². The average Bonchev–Trinajstić information content (AvgIpc) is 2.29. The summed E-state index contributed by atoms with van der Waals surface area (Å²) in [6.07, 6.45) is 4.13. The fraction of sp³-hybridized carbons (Fsp3) is 0.778. The van der Waals surface area contributed by atoms with Crippen LogP contribution in [0.1, 0.15) is 32.6 Å². The third kappa shape index (κ3) is 1.11. The first-order valence-corrected chi connectivity index (χ1v) is 6.19. The summed E-state index contributed by atoms with van der Waals surface area (Å²) >= 11 is 0. The van der Waals surface area contributed by atoms with E-state index < -0.39 is 9.84 Å². The van der Waals surface area contributed by atoms with Crippen LogP contribution in [-0.4, -0.2) is 14.2 Å². The molecule has 3 heteroatoms. The lowest BCUT2D eigenvalue weighted by Crippen LogP contribution is -2.10. The molecule has 0 aromatic rings. The zero-order valence-corrected chi connectivity index (χ0v) is 8.15. The van der Waals surface area contributed by atoms with Crippen molar-refractivity contribution in [2.45, 2.75) is 32.6 Å². The highest BCUT2D eigenvalue weighted by molar-refractivity contribution is 7.95. The van der Waals surface area contributed by atoms with E-state index in [0.29, 0.717) is 11.7 Å². The lowest BCUT2D eigenvalue weighted by molar-refractivity contribution is 0.520. The molecule has 0 radical (unpaired) electrons. The van der Waals surface area contributed by atoms with Gasteiger partial charge in [0.1, 0.15) is 0 Å². The SMILES string of the molecule is CC1=C2C(CCC1)CCS2(=O)=O. The van der Waals surface area contributed by atoms with Crippen molar-refractivity contribution in [1.82, 2.24) is 0 Å². The van der Waals surface area contributed by atoms with Gasteiger partial charge in [-0.15, -0.1) is 0 Å². The van der Waals surface area contributed by atoms with E-state index in [1.54, 1.807) is 0 Å². The second-order valence-electron chi connectivity index (χ2n) is 3.84. The molecule has 1 aliphatic heterocycles. The monoisotopic (exact) mass is 186 g/mol. The summed E-state index contributed by atoms with van der Waals surface area (Å²) in [5.41, 5.74) is 1.13. The van der Waals surface area contributed by atoms with Crippen LogP contribution in [0.2, 0.25) is 0 Å². The van der Waals surface area contributed by atoms with Gasteiger partial charge in [0, 0.05) is 4.91 Å². The molecule has 1 fully saturated rings. The molecule has 0 amide bonds. The first-order chi connectivity index (χ1) is 5.61. The van der Waals surface area contributed by atoms with Crippen molar-refractivity contribution < 1.29 is 8.42 Å². The summed E-state index contributed by atoms with van der Waals surface area (Å²) < 4.78 is 23.1. The van der Waals surface area contributed by atoms with Crippen LogP contribution in [0, 0.1) is 5.92 Å². The molecule has 0 saturated carbocycles. The lowest BCUT2D eigenvalue weighted by Gasteiger charge is -2.19. The number of rotatable bonds is 0. The highest BCUT2D eigenvalue weighted by Gasteiger charge is 2.36. The van der Waals surface area contributed by atoms with Crippen molar-refractivity contribution >= 4 is 9.84 Å². The molecule has 2 nitrogen and oxygen atoms in total. The Hall–Kier alpha value is -0.310. The number of allylic oxidation sites excluding steroid dienone is 2. The molecular weight excluding hydrogens is 172 g/mol. The molecule has 0 aromatic carbocycles. The molecule has 0 N–H and O–H groups in total. The fourth-order valence-corrected chi connectivity index (χ4v) is 4.61. The van der Waals surface area contributed by atoms with E-state index in [4.69, 9.17) is 0 Å². The molecule has 1 atom stereocenters. The van der Waals surface area contributed by atoms with Crippen LogP contribution in [0.4, 0.5) is 0 Å². The van der Waals surface area contributed by atoms with E-state index in [9.17, 15) is 8.42 Å². The van der Waals surface area contributed by atoms with Crippen LogP contribution in [0.5, 0.6) is 0 Å². The molecule has 2 rings (SSSR count). The van der Waals surface area contributed by atoms with Crippen molar-refractivity contribution in [3.8, 4) is 0 Å². The predicted molar refractivity (Wildman–Crippen MR) is 48.4 cm³/mol. The van der Waals surface area contributed by atoms with Crippen LogP contribution in [0.25, 0.3) is 0 Å². The molecule has 0 aromatic heterocycles. The summed E-state index contributed by atoms with van der Waals surface area (Å²) in [7, 11) is -2.82. The van der Waals surface area contributed by atoms with Crippen molar-refractivity contribution in [2.75, 3.05) is 5.75 Å². The van der Waals surface area contributed by atoms with Gasteiger partial charge in [-0.25, -0.2) is 8.42 Å². The Morgan fingerprint density at radius 3 is 2.75 bits per heavy atom. The normalized spacial score (nSPS) is 33.6. The Kier molecular flexibility index (Phi) is 1.79. The van der Waals surface area contributed by atoms with Gasteiger partial charge in [-0.05, 0) is 38.5 Å². The van der Waals surface area contributed by atoms with Crippen molar-refractivity contribution in [1.29, 1.82) is 0 Å². The van der Waals surface area contributed by atoms with Crippen molar-refractivity contribution in [3.05, 3.63) is 10.5 Å². The number of sulfone groups is 1. The summed E-state index contributed by atoms with van der Waals surface area (Å²) in [6, 6.07) is 0. The molecule has 1 aliphatic carbocycles. The van der Waals surface area contributed by atoms with Crippen molar-refractivity contribution in [3.63, 3.8) is 0 Å². The van der Waals surface area contributed by atoms with Gasteiger partial charge in [0.15, 0.2) is 9.84 Å². The third-order valence-corrected chi connectivity index (χ3v) is 5.09. The minimum atomic E-state index is -2.82. The number of hydrogen-bond donors (Lipinski definition) is 0. The van der Waals surface area contributed by atoms with Gasteiger partial charge < -0.3 is 0 Å². The van der Waals surface area contributed by atoms with Crippen molar-refractivity contribution in [2.24, 2.45) is 5.92 Å². The molecule has 1 saturated heterocycles. The summed E-state index contributed by atoms with van der Waals surface area (Å²) in [6.45, 7) is 1.98. The molecule has 68 valence electrons. The first kappa shape index (κ1) is 8.30. The second-order valence-corrected chi connectivity index (χ2v) is 5.92. The lowest BCUT2D eigenvalue weighted by atomic mass is 9.89. The maximum Gasteiger partial charge on any atom is 0.174 e. The van der Waals surface area contributed by atoms with E-state index >= 15 is 0 Å². The summed E-state index contributed by atoms with van der Waals surface area (Å²) in [5.74, 6) is 0.772. The molecule has 2 aliphatic rings. The van der Waals surface area contributed by atoms with Crippen LogP contribution < -0.4 is 0 Å². The minimum Gasteiger partial charge on any atom is -0.224 e. The Bertz CT molecular complexity index is 324. The van der Waals surface area contributed by atoms with E-state index in [2.05, 4.69) is 0 Å². The quantitative estimate of drug-likeness (QED) is 0.579. The van der Waals surface area contributed by atoms with Gasteiger partial charge >= 0.3 is 0 Å². The highest BCUT2D eigenvalue weighted by atomic mass is 32.2. The van der Waals surface area contributed by atoms with E-state index in [1.165, 1.54) is 6.42 Å². The maximum absolute atomic E-state index is 11.5. The Labute approximate surface area is 73.6 Å². The van der Waals surface area contributed by atoms with E-state index in [-0.39, 0.29) is 0 Å². The van der Waals surface area contributed by atoms with Gasteiger partial charge in [-0.1, -0.05) is 5.57 Å². The zero-order chi connectivity index (χ0) is 8.77. The van der Waals surface area contributed by atoms with Crippen LogP contribution in [0.15, 0.2) is 10.5 Å². The first-order valence-electron chi connectivity index (χ1n) is 4.53. The Morgan fingerprint density at radius 1 is 1.33 bits per heavy atom. The van der Waals surface area contributed by atoms with Gasteiger partial charge in [0.25, 0.3) is 0 Å². The standard InChI is InChI=1S/C9H14O2S/c1-7-3-2-4-8-5-6-12(10,11)9(7)8/h8H,2-6H2,1H3. The number of hydrogen-bond acceptors (Lipinski definition) is 2. The molecule has 12 heavy (non-hydrogen) atoms. The van der Waals surface area contributed by atoms with Gasteiger partial charge in [-0.2, -0.15) is 0 Å². The van der Waals surface area contributed by atoms with Gasteiger partial charge in [-0.3, -0.25) is 0 Å². The largest absolute Gasteiger partial charge is 0.224 e. The molecule has 1 unspecified atom stereocenters. The summed E-state index contributed by atoms with van der Waals surface area (Å²) in [5, 5.41) is 0. The Balaban J connectivity index is 2.52. The van der Waals surface area contributed by atoms with Gasteiger partial charge in [0.2, 0.25) is 0 Å². The van der Waals surface area contributed by atoms with Crippen LogP contribution in [-0.2, 0) is 9.84 Å². The topological polar surface area (TPSA) is 34.1 Å². The smallest absolute Gasteiger partial charge is 0.174 e. The minimum absolute atomic E-state index is 0.378. The fourth-order valence-electron chi connectivity index (χ4n) is 2.42. The average molecular weight is 186 g/mol. The van der Waals surface area contributed by atoms with E-state index in [0.717, 1.165) is 29.7 Å². The highest BCUT2D eigenvalue weighted by Crippen LogP contribution is 2.41. The van der Waals surface area contributed by atoms with Gasteiger partial charge in [0.05, 0.1) is 5.75 Å². The third-order valence-electron chi connectivity index (χ3n) is 2.97. The molecule has 1 heterocycles. The molecular formula is C9H14O2S. The van der Waals surface area contributed by atoms with Crippen LogP contribution >= 0.6 is 0 Å². The second kappa shape index (κ2) is 2.59. The Morgan fingerprint density at radius 2 is 2.08 bits per heavy atom. The molecule has 0 spiro atoms. The molecule has 0 bridgehead atoms. The zero-order valence-electron chi connectivity index (χ0n) is 7.34. The van der Waals surface area contributed by atoms with Crippen LogP contribution in [0.3, 0.4) is 0 Å². The maximum atomic E-state index is 11.5. The number of fused-ring (bicyclic) bond motifs is 1. The predicted octanol–water partition coefficient (Wildman–Crippen LogP) is 1.88.